The Labute approximate surface area is 126 Å². The van der Waals surface area contributed by atoms with Crippen LogP contribution in [0, 0.1) is 11.3 Å². The van der Waals surface area contributed by atoms with Crippen LogP contribution < -0.4 is 4.90 Å². The van der Waals surface area contributed by atoms with E-state index in [1.54, 1.807) is 43.1 Å². The van der Waals surface area contributed by atoms with Crippen LogP contribution in [0.15, 0.2) is 24.3 Å². The molecular formula is C17H22N2O2. The normalized spacial score (nSPS) is 9.95. The van der Waals surface area contributed by atoms with Crippen molar-refractivity contribution in [2.45, 2.75) is 45.4 Å². The Hall–Kier alpha value is -2.15. The van der Waals surface area contributed by atoms with Crippen molar-refractivity contribution in [1.82, 2.24) is 0 Å². The summed E-state index contributed by atoms with van der Waals surface area (Å²) in [6, 6.07) is 9.04. The molecule has 0 heterocycles. The SMILES string of the molecule is CC(=O)CCCCCCC(=O)N(C)c1ccc(C#N)cc1. The fraction of sp³-hybridized carbons (Fsp3) is 0.471. The van der Waals surface area contributed by atoms with E-state index in [1.165, 1.54) is 0 Å². The van der Waals surface area contributed by atoms with Crippen molar-refractivity contribution in [2.75, 3.05) is 11.9 Å². The van der Waals surface area contributed by atoms with Crippen LogP contribution in [0.25, 0.3) is 0 Å². The maximum Gasteiger partial charge on any atom is 0.226 e. The summed E-state index contributed by atoms with van der Waals surface area (Å²) in [7, 11) is 1.75. The molecule has 0 spiro atoms. The van der Waals surface area contributed by atoms with E-state index in [9.17, 15) is 9.59 Å². The van der Waals surface area contributed by atoms with Gasteiger partial charge in [0.1, 0.15) is 5.78 Å². The van der Waals surface area contributed by atoms with Gasteiger partial charge in [-0.3, -0.25) is 4.79 Å². The van der Waals surface area contributed by atoms with Gasteiger partial charge >= 0.3 is 0 Å². The van der Waals surface area contributed by atoms with Crippen LogP contribution >= 0.6 is 0 Å². The summed E-state index contributed by atoms with van der Waals surface area (Å²) in [5.41, 5.74) is 1.39. The van der Waals surface area contributed by atoms with Crippen molar-refractivity contribution in [1.29, 1.82) is 5.26 Å². The van der Waals surface area contributed by atoms with Crippen LogP contribution in [-0.4, -0.2) is 18.7 Å². The molecule has 0 atom stereocenters. The molecule has 0 unspecified atom stereocenters. The van der Waals surface area contributed by atoms with Crippen LogP contribution in [0.5, 0.6) is 0 Å². The van der Waals surface area contributed by atoms with E-state index in [0.717, 1.165) is 31.4 Å². The highest BCUT2D eigenvalue weighted by molar-refractivity contribution is 5.92. The van der Waals surface area contributed by atoms with E-state index in [2.05, 4.69) is 6.07 Å². The number of nitrogens with zero attached hydrogens (tertiary/aromatic N) is 2. The van der Waals surface area contributed by atoms with E-state index < -0.39 is 0 Å². The van der Waals surface area contributed by atoms with E-state index >= 15 is 0 Å². The Kier molecular flexibility index (Phi) is 7.17. The van der Waals surface area contributed by atoms with Crippen LogP contribution in [0.4, 0.5) is 5.69 Å². The largest absolute Gasteiger partial charge is 0.316 e. The number of hydrogen-bond acceptors (Lipinski definition) is 3. The van der Waals surface area contributed by atoms with Crippen LogP contribution in [0.3, 0.4) is 0 Å². The molecular weight excluding hydrogens is 264 g/mol. The number of anilines is 1. The van der Waals surface area contributed by atoms with Crippen LogP contribution in [-0.2, 0) is 9.59 Å². The standard InChI is InChI=1S/C17H22N2O2/c1-14(20)7-5-3-4-6-8-17(21)19(2)16-11-9-15(13-18)10-12-16/h9-12H,3-8H2,1-2H3. The quantitative estimate of drug-likeness (QED) is 0.688. The highest BCUT2D eigenvalue weighted by Gasteiger charge is 2.10. The summed E-state index contributed by atoms with van der Waals surface area (Å²) < 4.78 is 0. The molecule has 0 saturated heterocycles. The Morgan fingerprint density at radius 2 is 1.62 bits per heavy atom. The monoisotopic (exact) mass is 286 g/mol. The molecule has 0 aliphatic rings. The highest BCUT2D eigenvalue weighted by Crippen LogP contribution is 2.15. The summed E-state index contributed by atoms with van der Waals surface area (Å²) in [4.78, 5) is 24.5. The second-order valence-corrected chi connectivity index (χ2v) is 5.23. The number of carbonyl (C=O) groups is 2. The molecule has 0 aromatic heterocycles. The summed E-state index contributed by atoms with van der Waals surface area (Å²) in [6.07, 6.45) is 4.87. The molecule has 1 amide bonds. The minimum Gasteiger partial charge on any atom is -0.316 e. The molecule has 1 aromatic rings. The molecule has 0 bridgehead atoms. The maximum absolute atomic E-state index is 12.0. The topological polar surface area (TPSA) is 61.2 Å². The number of unbranched alkanes of at least 4 members (excludes halogenated alkanes) is 3. The van der Waals surface area contributed by atoms with Crippen molar-refractivity contribution >= 4 is 17.4 Å². The minimum absolute atomic E-state index is 0.0753. The van der Waals surface area contributed by atoms with Gasteiger partial charge in [-0.25, -0.2) is 0 Å². The van der Waals surface area contributed by atoms with Crippen molar-refractivity contribution in [3.63, 3.8) is 0 Å². The summed E-state index contributed by atoms with van der Waals surface area (Å²) in [6.45, 7) is 1.61. The average molecular weight is 286 g/mol. The van der Waals surface area contributed by atoms with E-state index in [0.29, 0.717) is 18.4 Å². The minimum atomic E-state index is 0.0753. The lowest BCUT2D eigenvalue weighted by molar-refractivity contribution is -0.119. The first-order chi connectivity index (χ1) is 10.0. The molecule has 0 aliphatic heterocycles. The van der Waals surface area contributed by atoms with E-state index in [1.807, 2.05) is 0 Å². The molecule has 0 aliphatic carbocycles. The summed E-state index contributed by atoms with van der Waals surface area (Å²) >= 11 is 0. The highest BCUT2D eigenvalue weighted by atomic mass is 16.2. The van der Waals surface area contributed by atoms with Gasteiger partial charge in [-0.2, -0.15) is 5.26 Å². The first-order valence-electron chi connectivity index (χ1n) is 7.30. The lowest BCUT2D eigenvalue weighted by Crippen LogP contribution is -2.25. The number of amides is 1. The fourth-order valence-electron chi connectivity index (χ4n) is 2.07. The third-order valence-corrected chi connectivity index (χ3v) is 3.43. The van der Waals surface area contributed by atoms with Crippen molar-refractivity contribution in [3.05, 3.63) is 29.8 Å². The first-order valence-corrected chi connectivity index (χ1v) is 7.30. The Balaban J connectivity index is 2.30. The molecule has 0 N–H and O–H groups in total. The van der Waals surface area contributed by atoms with Gasteiger partial charge in [0.2, 0.25) is 5.91 Å². The van der Waals surface area contributed by atoms with Gasteiger partial charge in [-0.1, -0.05) is 12.8 Å². The number of rotatable bonds is 8. The first kappa shape index (κ1) is 16.9. The molecule has 4 nitrogen and oxygen atoms in total. The molecule has 4 heteroatoms. The third kappa shape index (κ3) is 6.22. The molecule has 0 radical (unpaired) electrons. The number of Topliss-reactive ketones (excluding diaryl/α,β-unsaturated/α-hetero) is 1. The average Bonchev–Trinajstić information content (AvgIpc) is 2.49. The fourth-order valence-corrected chi connectivity index (χ4v) is 2.07. The molecule has 1 aromatic carbocycles. The zero-order valence-corrected chi connectivity index (χ0v) is 12.8. The van der Waals surface area contributed by atoms with Crippen molar-refractivity contribution < 1.29 is 9.59 Å². The Morgan fingerprint density at radius 3 is 2.14 bits per heavy atom. The zero-order chi connectivity index (χ0) is 15.7. The van der Waals surface area contributed by atoms with Gasteiger partial charge in [0, 0.05) is 25.6 Å². The van der Waals surface area contributed by atoms with E-state index in [-0.39, 0.29) is 11.7 Å². The molecule has 0 fully saturated rings. The molecule has 1 rings (SSSR count). The number of carbonyl (C=O) groups excluding carboxylic acids is 2. The zero-order valence-electron chi connectivity index (χ0n) is 12.8. The van der Waals surface area contributed by atoms with Gasteiger partial charge in [-0.05, 0) is 44.0 Å². The molecule has 21 heavy (non-hydrogen) atoms. The van der Waals surface area contributed by atoms with Gasteiger partial charge in [0.25, 0.3) is 0 Å². The number of ketones is 1. The number of hydrogen-bond donors (Lipinski definition) is 0. The Bertz CT molecular complexity index is 515. The lowest BCUT2D eigenvalue weighted by atomic mass is 10.1. The van der Waals surface area contributed by atoms with Gasteiger partial charge < -0.3 is 9.69 Å². The van der Waals surface area contributed by atoms with Gasteiger partial charge in [0.15, 0.2) is 0 Å². The second kappa shape index (κ2) is 8.91. The molecule has 0 saturated carbocycles. The van der Waals surface area contributed by atoms with Crippen LogP contribution in [0.1, 0.15) is 51.0 Å². The second-order valence-electron chi connectivity index (χ2n) is 5.23. The number of benzene rings is 1. The summed E-state index contributed by atoms with van der Waals surface area (Å²) in [5.74, 6) is 0.304. The van der Waals surface area contributed by atoms with Crippen molar-refractivity contribution in [2.24, 2.45) is 0 Å². The summed E-state index contributed by atoms with van der Waals surface area (Å²) in [5, 5.41) is 8.75. The maximum atomic E-state index is 12.0. The van der Waals surface area contributed by atoms with Crippen molar-refractivity contribution in [3.8, 4) is 6.07 Å². The third-order valence-electron chi connectivity index (χ3n) is 3.43. The van der Waals surface area contributed by atoms with Gasteiger partial charge in [0.05, 0.1) is 11.6 Å². The molecule has 112 valence electrons. The lowest BCUT2D eigenvalue weighted by Gasteiger charge is -2.17. The Morgan fingerprint density at radius 1 is 1.05 bits per heavy atom. The smallest absolute Gasteiger partial charge is 0.226 e. The van der Waals surface area contributed by atoms with Gasteiger partial charge in [-0.15, -0.1) is 0 Å². The number of nitriles is 1. The van der Waals surface area contributed by atoms with E-state index in [4.69, 9.17) is 5.26 Å². The predicted octanol–water partition coefficient (Wildman–Crippen LogP) is 3.45. The predicted molar refractivity (Wildman–Crippen MR) is 83.0 cm³/mol. The van der Waals surface area contributed by atoms with Crippen LogP contribution in [0.2, 0.25) is 0 Å².